The summed E-state index contributed by atoms with van der Waals surface area (Å²) in [5.74, 6) is 1.59. The van der Waals surface area contributed by atoms with E-state index in [1.165, 1.54) is 5.69 Å². The second-order valence-corrected chi connectivity index (χ2v) is 8.55. The predicted molar refractivity (Wildman–Crippen MR) is 108 cm³/mol. The monoisotopic (exact) mass is 396 g/mol. The number of nitrogens with zero attached hydrogens (tertiary/aromatic N) is 3. The van der Waals surface area contributed by atoms with Gasteiger partial charge in [0.2, 0.25) is 5.91 Å². The van der Waals surface area contributed by atoms with Gasteiger partial charge in [0.1, 0.15) is 11.5 Å². The lowest BCUT2D eigenvalue weighted by atomic mass is 9.78. The second-order valence-electron chi connectivity index (χ2n) is 8.55. The first-order valence-electron chi connectivity index (χ1n) is 10.5. The largest absolute Gasteiger partial charge is 0.508 e. The number of H-pyrrole nitrogens is 1. The minimum absolute atomic E-state index is 0.224. The number of amides is 1. The van der Waals surface area contributed by atoms with Crippen LogP contribution in [0.25, 0.3) is 0 Å². The predicted octanol–water partition coefficient (Wildman–Crippen LogP) is 2.41. The molecule has 2 N–H and O–H groups in total. The van der Waals surface area contributed by atoms with E-state index in [4.69, 9.17) is 4.74 Å². The molecule has 5 rings (SSSR count). The normalized spacial score (nSPS) is 21.2. The molecule has 3 heterocycles. The highest BCUT2D eigenvalue weighted by Crippen LogP contribution is 2.45. The average Bonchev–Trinajstić information content (AvgIpc) is 3.47. The van der Waals surface area contributed by atoms with Crippen molar-refractivity contribution in [2.24, 2.45) is 5.92 Å². The Balaban J connectivity index is 1.37. The minimum Gasteiger partial charge on any atom is -0.508 e. The number of methoxy groups -OCH3 is 1. The molecule has 1 saturated carbocycles. The first kappa shape index (κ1) is 18.5. The van der Waals surface area contributed by atoms with Gasteiger partial charge in [-0.25, -0.2) is 4.98 Å². The lowest BCUT2D eigenvalue weighted by Crippen LogP contribution is -2.58. The molecule has 1 aliphatic carbocycles. The van der Waals surface area contributed by atoms with Gasteiger partial charge in [-0.15, -0.1) is 0 Å². The van der Waals surface area contributed by atoms with Crippen molar-refractivity contribution in [3.05, 3.63) is 41.5 Å². The summed E-state index contributed by atoms with van der Waals surface area (Å²) in [6.45, 7) is 3.25. The smallest absolute Gasteiger partial charge is 0.226 e. The third-order valence-corrected chi connectivity index (χ3v) is 6.79. The van der Waals surface area contributed by atoms with Gasteiger partial charge in [-0.2, -0.15) is 0 Å². The molecule has 1 aromatic carbocycles. The van der Waals surface area contributed by atoms with Crippen LogP contribution in [0, 0.1) is 5.92 Å². The topological polar surface area (TPSA) is 81.7 Å². The zero-order valence-electron chi connectivity index (χ0n) is 16.9. The van der Waals surface area contributed by atoms with Gasteiger partial charge < -0.3 is 19.7 Å². The van der Waals surface area contributed by atoms with Crippen molar-refractivity contribution >= 4 is 5.91 Å². The molecule has 3 aliphatic rings. The van der Waals surface area contributed by atoms with Crippen LogP contribution in [0.5, 0.6) is 11.5 Å². The van der Waals surface area contributed by atoms with Crippen LogP contribution >= 0.6 is 0 Å². The van der Waals surface area contributed by atoms with Crippen LogP contribution in [0.1, 0.15) is 42.6 Å². The van der Waals surface area contributed by atoms with Gasteiger partial charge >= 0.3 is 0 Å². The lowest BCUT2D eigenvalue weighted by Gasteiger charge is -2.50. The molecule has 0 atom stereocenters. The molecular weight excluding hydrogens is 368 g/mol. The Morgan fingerprint density at radius 3 is 2.83 bits per heavy atom. The third-order valence-electron chi connectivity index (χ3n) is 6.79. The van der Waals surface area contributed by atoms with Crippen LogP contribution in [0.2, 0.25) is 0 Å². The van der Waals surface area contributed by atoms with Crippen LogP contribution in [0.15, 0.2) is 24.5 Å². The Labute approximate surface area is 170 Å². The van der Waals surface area contributed by atoms with Crippen molar-refractivity contribution in [3.8, 4) is 11.5 Å². The van der Waals surface area contributed by atoms with Crippen molar-refractivity contribution in [1.29, 1.82) is 0 Å². The number of carbonyl (C=O) groups excluding carboxylic acids is 1. The number of benzene rings is 1. The van der Waals surface area contributed by atoms with Gasteiger partial charge in [-0.05, 0) is 43.9 Å². The quantitative estimate of drug-likeness (QED) is 0.829. The molecule has 0 radical (unpaired) electrons. The third kappa shape index (κ3) is 3.17. The highest BCUT2D eigenvalue weighted by Gasteiger charge is 2.50. The number of phenolic OH excluding ortho intramolecular Hbond substituents is 1. The highest BCUT2D eigenvalue weighted by atomic mass is 16.5. The zero-order chi connectivity index (χ0) is 20.0. The van der Waals surface area contributed by atoms with Crippen molar-refractivity contribution in [1.82, 2.24) is 19.8 Å². The van der Waals surface area contributed by atoms with E-state index in [9.17, 15) is 9.90 Å². The lowest BCUT2D eigenvalue weighted by molar-refractivity contribution is -0.143. The summed E-state index contributed by atoms with van der Waals surface area (Å²) in [6, 6.07) is 5.23. The fraction of sp³-hybridized carbons (Fsp3) is 0.545. The molecular formula is C22H28N4O3. The summed E-state index contributed by atoms with van der Waals surface area (Å²) in [5, 5.41) is 9.87. The number of ether oxygens (including phenoxy) is 1. The Morgan fingerprint density at radius 2 is 2.10 bits per heavy atom. The summed E-state index contributed by atoms with van der Waals surface area (Å²) in [6.07, 6.45) is 6.46. The number of carbonyl (C=O) groups is 1. The molecule has 1 aromatic heterocycles. The van der Waals surface area contributed by atoms with Gasteiger partial charge in [-0.1, -0.05) is 0 Å². The summed E-state index contributed by atoms with van der Waals surface area (Å²) < 4.78 is 5.46. The minimum atomic E-state index is -0.285. The highest BCUT2D eigenvalue weighted by molar-refractivity contribution is 5.82. The molecule has 1 spiro atoms. The van der Waals surface area contributed by atoms with Crippen LogP contribution in [0.3, 0.4) is 0 Å². The maximum Gasteiger partial charge on any atom is 0.226 e. The fourth-order valence-corrected chi connectivity index (χ4v) is 5.07. The summed E-state index contributed by atoms with van der Waals surface area (Å²) in [5.41, 5.74) is 2.96. The SMILES string of the molecule is COc1ccc(O)cc1CN1CCC2(CC1)c1nc[nH]c1CCN2C(=O)C1CC1. The van der Waals surface area contributed by atoms with Crippen molar-refractivity contribution in [3.63, 3.8) is 0 Å². The van der Waals surface area contributed by atoms with Crippen LogP contribution in [-0.2, 0) is 23.3 Å². The summed E-state index contributed by atoms with van der Waals surface area (Å²) >= 11 is 0. The number of aromatic amines is 1. The molecule has 1 amide bonds. The number of rotatable bonds is 4. The van der Waals surface area contributed by atoms with Gasteiger partial charge in [0.15, 0.2) is 0 Å². The van der Waals surface area contributed by atoms with E-state index in [-0.39, 0.29) is 17.2 Å². The first-order chi connectivity index (χ1) is 14.1. The van der Waals surface area contributed by atoms with E-state index in [0.717, 1.165) is 75.3 Å². The van der Waals surface area contributed by atoms with Gasteiger partial charge in [0.25, 0.3) is 0 Å². The summed E-state index contributed by atoms with van der Waals surface area (Å²) in [7, 11) is 1.66. The Kier molecular flexibility index (Phi) is 4.50. The van der Waals surface area contributed by atoms with Gasteiger partial charge in [0.05, 0.1) is 24.7 Å². The number of phenols is 1. The van der Waals surface area contributed by atoms with Crippen LogP contribution in [-0.4, -0.2) is 57.5 Å². The Bertz CT molecular complexity index is 913. The molecule has 1 saturated heterocycles. The molecule has 7 heteroatoms. The number of imidazole rings is 1. The van der Waals surface area contributed by atoms with E-state index in [1.807, 2.05) is 6.07 Å². The van der Waals surface area contributed by atoms with E-state index < -0.39 is 0 Å². The van der Waals surface area contributed by atoms with Gasteiger partial charge in [-0.3, -0.25) is 9.69 Å². The maximum absolute atomic E-state index is 13.1. The number of hydrogen-bond donors (Lipinski definition) is 2. The number of aromatic hydroxyl groups is 1. The maximum atomic E-state index is 13.1. The van der Waals surface area contributed by atoms with Crippen LogP contribution < -0.4 is 4.74 Å². The van der Waals surface area contributed by atoms with Gasteiger partial charge in [0, 0.05) is 49.8 Å². The number of piperidine rings is 1. The van der Waals surface area contributed by atoms with Crippen molar-refractivity contribution in [2.45, 2.75) is 44.2 Å². The number of fused-ring (bicyclic) bond motifs is 2. The molecule has 29 heavy (non-hydrogen) atoms. The van der Waals surface area contributed by atoms with E-state index in [1.54, 1.807) is 25.6 Å². The zero-order valence-corrected chi connectivity index (χ0v) is 16.9. The molecule has 154 valence electrons. The van der Waals surface area contributed by atoms with E-state index in [2.05, 4.69) is 19.8 Å². The van der Waals surface area contributed by atoms with Crippen molar-refractivity contribution < 1.29 is 14.6 Å². The average molecular weight is 396 g/mol. The van der Waals surface area contributed by atoms with Crippen molar-refractivity contribution in [2.75, 3.05) is 26.7 Å². The molecule has 7 nitrogen and oxygen atoms in total. The number of nitrogens with one attached hydrogen (secondary N) is 1. The molecule has 2 fully saturated rings. The fourth-order valence-electron chi connectivity index (χ4n) is 5.07. The van der Waals surface area contributed by atoms with Crippen LogP contribution in [0.4, 0.5) is 0 Å². The Morgan fingerprint density at radius 1 is 1.31 bits per heavy atom. The second kappa shape index (κ2) is 7.06. The summed E-state index contributed by atoms with van der Waals surface area (Å²) in [4.78, 5) is 25.6. The molecule has 0 unspecified atom stereocenters. The first-order valence-corrected chi connectivity index (χ1v) is 10.5. The molecule has 0 bridgehead atoms. The number of aromatic nitrogens is 2. The van der Waals surface area contributed by atoms with E-state index in [0.29, 0.717) is 5.91 Å². The molecule has 2 aromatic rings. The Hall–Kier alpha value is -2.54. The number of hydrogen-bond acceptors (Lipinski definition) is 5. The molecule has 2 aliphatic heterocycles. The standard InChI is InChI=1S/C22H28N4O3/c1-29-19-5-4-17(27)12-16(19)13-25-10-7-22(8-11-25)20-18(23-14-24-20)6-9-26(22)21(28)15-2-3-15/h4-5,12,14-15,27H,2-3,6-11,13H2,1H3,(H,23,24). The van der Waals surface area contributed by atoms with E-state index >= 15 is 0 Å². The number of likely N-dealkylation sites (tertiary alicyclic amines) is 1.